The Morgan fingerprint density at radius 1 is 1.19 bits per heavy atom. The maximum atomic E-state index is 12.8. The van der Waals surface area contributed by atoms with Crippen molar-refractivity contribution >= 4 is 5.69 Å². The predicted octanol–water partition coefficient (Wildman–Crippen LogP) is 3.98. The molecule has 1 aromatic heterocycles. The fourth-order valence-electron chi connectivity index (χ4n) is 2.25. The second-order valence-corrected chi connectivity index (χ2v) is 5.15. The fourth-order valence-corrected chi connectivity index (χ4v) is 2.25. The molecule has 0 amide bonds. The molecule has 6 heteroatoms. The lowest BCUT2D eigenvalue weighted by Gasteiger charge is -2.13. The van der Waals surface area contributed by atoms with Crippen molar-refractivity contribution in [2.75, 3.05) is 5.32 Å². The summed E-state index contributed by atoms with van der Waals surface area (Å²) in [4.78, 5) is 0. The highest BCUT2D eigenvalue weighted by Gasteiger charge is 2.30. The van der Waals surface area contributed by atoms with Gasteiger partial charge < -0.3 is 5.32 Å². The smallest absolute Gasteiger partial charge is 0.381 e. The SMILES string of the molecule is Cc1ccc(C(F)(F)F)cc1NCc1c(C)nn(C)c1C. The summed E-state index contributed by atoms with van der Waals surface area (Å²) in [6.07, 6.45) is -4.33. The largest absolute Gasteiger partial charge is 0.416 e. The molecule has 0 aliphatic heterocycles. The highest BCUT2D eigenvalue weighted by molar-refractivity contribution is 5.53. The minimum atomic E-state index is -4.33. The molecule has 0 spiro atoms. The van der Waals surface area contributed by atoms with Crippen LogP contribution < -0.4 is 5.32 Å². The van der Waals surface area contributed by atoms with Gasteiger partial charge in [0.25, 0.3) is 0 Å². The van der Waals surface area contributed by atoms with Crippen LogP contribution in [0.5, 0.6) is 0 Å². The van der Waals surface area contributed by atoms with Crippen LogP contribution >= 0.6 is 0 Å². The summed E-state index contributed by atoms with van der Waals surface area (Å²) in [5.41, 5.74) is 3.52. The van der Waals surface area contributed by atoms with Gasteiger partial charge in [-0.1, -0.05) is 6.07 Å². The van der Waals surface area contributed by atoms with Crippen molar-refractivity contribution in [3.63, 3.8) is 0 Å². The Labute approximate surface area is 121 Å². The fraction of sp³-hybridized carbons (Fsp3) is 0.400. The number of hydrogen-bond donors (Lipinski definition) is 1. The number of nitrogens with zero attached hydrogens (tertiary/aromatic N) is 2. The molecular formula is C15H18F3N3. The minimum absolute atomic E-state index is 0.452. The van der Waals surface area contributed by atoms with Crippen molar-refractivity contribution in [3.05, 3.63) is 46.3 Å². The van der Waals surface area contributed by atoms with Crippen LogP contribution in [0, 0.1) is 20.8 Å². The topological polar surface area (TPSA) is 29.9 Å². The summed E-state index contributed by atoms with van der Waals surface area (Å²) in [7, 11) is 1.85. The van der Waals surface area contributed by atoms with Crippen LogP contribution in [-0.4, -0.2) is 9.78 Å². The lowest BCUT2D eigenvalue weighted by Crippen LogP contribution is -2.08. The third-order valence-electron chi connectivity index (χ3n) is 3.68. The molecule has 1 heterocycles. The highest BCUT2D eigenvalue weighted by Crippen LogP contribution is 2.32. The molecule has 0 aliphatic carbocycles. The van der Waals surface area contributed by atoms with Crippen LogP contribution in [0.3, 0.4) is 0 Å². The van der Waals surface area contributed by atoms with E-state index in [4.69, 9.17) is 0 Å². The number of rotatable bonds is 3. The number of hydrogen-bond acceptors (Lipinski definition) is 2. The molecular weight excluding hydrogens is 279 g/mol. The van der Waals surface area contributed by atoms with Gasteiger partial charge in [0.2, 0.25) is 0 Å². The van der Waals surface area contributed by atoms with Gasteiger partial charge in [0, 0.05) is 30.5 Å². The Kier molecular flexibility index (Phi) is 3.98. The number of halogens is 3. The third kappa shape index (κ3) is 3.20. The van der Waals surface area contributed by atoms with E-state index in [0.717, 1.165) is 34.6 Å². The second kappa shape index (κ2) is 5.42. The van der Waals surface area contributed by atoms with E-state index in [2.05, 4.69) is 10.4 Å². The summed E-state index contributed by atoms with van der Waals surface area (Å²) < 4.78 is 40.0. The van der Waals surface area contributed by atoms with Crippen LogP contribution in [0.15, 0.2) is 18.2 Å². The summed E-state index contributed by atoms with van der Waals surface area (Å²) in [5, 5.41) is 7.38. The Morgan fingerprint density at radius 2 is 1.86 bits per heavy atom. The molecule has 0 fully saturated rings. The van der Waals surface area contributed by atoms with E-state index in [0.29, 0.717) is 12.2 Å². The number of benzene rings is 1. The van der Waals surface area contributed by atoms with E-state index < -0.39 is 11.7 Å². The first-order chi connectivity index (χ1) is 9.70. The van der Waals surface area contributed by atoms with Crippen LogP contribution in [0.2, 0.25) is 0 Å². The molecule has 0 radical (unpaired) electrons. The van der Waals surface area contributed by atoms with Gasteiger partial charge in [0.05, 0.1) is 11.3 Å². The summed E-state index contributed by atoms with van der Waals surface area (Å²) >= 11 is 0. The van der Waals surface area contributed by atoms with E-state index in [-0.39, 0.29) is 0 Å². The van der Waals surface area contributed by atoms with Gasteiger partial charge in [-0.05, 0) is 38.5 Å². The molecule has 114 valence electrons. The van der Waals surface area contributed by atoms with Crippen molar-refractivity contribution in [3.8, 4) is 0 Å². The molecule has 3 nitrogen and oxygen atoms in total. The maximum absolute atomic E-state index is 12.8. The standard InChI is InChI=1S/C15H18F3N3/c1-9-5-6-12(15(16,17)18)7-14(9)19-8-13-10(2)20-21(4)11(13)3/h5-7,19H,8H2,1-4H3. The predicted molar refractivity (Wildman–Crippen MR) is 76.2 cm³/mol. The summed E-state index contributed by atoms with van der Waals surface area (Å²) in [6.45, 7) is 6.07. The molecule has 2 aromatic rings. The molecule has 0 atom stereocenters. The zero-order valence-electron chi connectivity index (χ0n) is 12.5. The number of aryl methyl sites for hydroxylation is 3. The van der Waals surface area contributed by atoms with E-state index in [9.17, 15) is 13.2 Å². The zero-order chi connectivity index (χ0) is 15.8. The van der Waals surface area contributed by atoms with E-state index in [1.54, 1.807) is 11.6 Å². The molecule has 0 saturated carbocycles. The second-order valence-electron chi connectivity index (χ2n) is 5.15. The Balaban J connectivity index is 2.24. The lowest BCUT2D eigenvalue weighted by molar-refractivity contribution is -0.137. The summed E-state index contributed by atoms with van der Waals surface area (Å²) in [6, 6.07) is 3.73. The first-order valence-corrected chi connectivity index (χ1v) is 6.61. The van der Waals surface area contributed by atoms with Gasteiger partial charge in [-0.3, -0.25) is 4.68 Å². The van der Waals surface area contributed by atoms with Gasteiger partial charge in [-0.25, -0.2) is 0 Å². The minimum Gasteiger partial charge on any atom is -0.381 e. The van der Waals surface area contributed by atoms with Crippen molar-refractivity contribution in [1.29, 1.82) is 0 Å². The monoisotopic (exact) mass is 297 g/mol. The molecule has 0 unspecified atom stereocenters. The average molecular weight is 297 g/mol. The molecule has 1 aromatic carbocycles. The molecule has 0 aliphatic rings. The number of aromatic nitrogens is 2. The highest BCUT2D eigenvalue weighted by atomic mass is 19.4. The van der Waals surface area contributed by atoms with Crippen molar-refractivity contribution in [2.45, 2.75) is 33.5 Å². The van der Waals surface area contributed by atoms with Crippen LogP contribution in [-0.2, 0) is 19.8 Å². The molecule has 21 heavy (non-hydrogen) atoms. The average Bonchev–Trinajstić information content (AvgIpc) is 2.62. The molecule has 2 rings (SSSR count). The van der Waals surface area contributed by atoms with Crippen LogP contribution in [0.4, 0.5) is 18.9 Å². The number of anilines is 1. The van der Waals surface area contributed by atoms with E-state index in [1.807, 2.05) is 20.9 Å². The molecule has 0 saturated heterocycles. The van der Waals surface area contributed by atoms with Crippen molar-refractivity contribution in [2.24, 2.45) is 7.05 Å². The first kappa shape index (κ1) is 15.4. The zero-order valence-corrected chi connectivity index (χ0v) is 12.5. The number of alkyl halides is 3. The van der Waals surface area contributed by atoms with Crippen LogP contribution in [0.1, 0.15) is 28.1 Å². The summed E-state index contributed by atoms with van der Waals surface area (Å²) in [5.74, 6) is 0. The number of nitrogens with one attached hydrogen (secondary N) is 1. The van der Waals surface area contributed by atoms with Gasteiger partial charge in [-0.15, -0.1) is 0 Å². The van der Waals surface area contributed by atoms with Gasteiger partial charge in [0.1, 0.15) is 0 Å². The Bertz CT molecular complexity index is 657. The van der Waals surface area contributed by atoms with Crippen molar-refractivity contribution < 1.29 is 13.2 Å². The molecule has 0 bridgehead atoms. The van der Waals surface area contributed by atoms with Crippen LogP contribution in [0.25, 0.3) is 0 Å². The first-order valence-electron chi connectivity index (χ1n) is 6.61. The Hall–Kier alpha value is -1.98. The Morgan fingerprint density at radius 3 is 2.38 bits per heavy atom. The maximum Gasteiger partial charge on any atom is 0.416 e. The van der Waals surface area contributed by atoms with Gasteiger partial charge in [0.15, 0.2) is 0 Å². The van der Waals surface area contributed by atoms with E-state index in [1.165, 1.54) is 6.07 Å². The normalized spacial score (nSPS) is 11.8. The van der Waals surface area contributed by atoms with Gasteiger partial charge >= 0.3 is 6.18 Å². The van der Waals surface area contributed by atoms with E-state index >= 15 is 0 Å². The molecule has 1 N–H and O–H groups in total. The van der Waals surface area contributed by atoms with Crippen molar-refractivity contribution in [1.82, 2.24) is 9.78 Å². The van der Waals surface area contributed by atoms with Gasteiger partial charge in [-0.2, -0.15) is 18.3 Å². The third-order valence-corrected chi connectivity index (χ3v) is 3.68. The lowest BCUT2D eigenvalue weighted by atomic mass is 10.1. The quantitative estimate of drug-likeness (QED) is 0.929.